The molecule has 1 amide bonds. The molecule has 2 atom stereocenters. The second-order valence-corrected chi connectivity index (χ2v) is 7.33. The van der Waals surface area contributed by atoms with Gasteiger partial charge in [0.15, 0.2) is 6.61 Å². The molecule has 7 heteroatoms. The van der Waals surface area contributed by atoms with Gasteiger partial charge in [-0.3, -0.25) is 4.79 Å². The normalized spacial score (nSPS) is 16.8. The van der Waals surface area contributed by atoms with E-state index in [1.54, 1.807) is 36.4 Å². The molecule has 1 fully saturated rings. The van der Waals surface area contributed by atoms with E-state index in [4.69, 9.17) is 25.8 Å². The monoisotopic (exact) mass is 417 g/mol. The first-order chi connectivity index (χ1) is 14.0. The highest BCUT2D eigenvalue weighted by Gasteiger charge is 2.16. The van der Waals surface area contributed by atoms with Crippen molar-refractivity contribution < 1.29 is 23.8 Å². The maximum absolute atomic E-state index is 12.1. The summed E-state index contributed by atoms with van der Waals surface area (Å²) in [6.45, 7) is 2.75. The number of halogens is 1. The van der Waals surface area contributed by atoms with Gasteiger partial charge >= 0.3 is 5.97 Å². The van der Waals surface area contributed by atoms with E-state index in [0.717, 1.165) is 25.0 Å². The Hall–Kier alpha value is -2.57. The van der Waals surface area contributed by atoms with Gasteiger partial charge in [0.1, 0.15) is 12.4 Å². The zero-order valence-corrected chi connectivity index (χ0v) is 17.0. The summed E-state index contributed by atoms with van der Waals surface area (Å²) in [4.78, 5) is 24.2. The number of carbonyl (C=O) groups is 2. The van der Waals surface area contributed by atoms with E-state index in [2.05, 4.69) is 5.32 Å². The molecular formula is C22H24ClNO5. The molecule has 1 heterocycles. The van der Waals surface area contributed by atoms with E-state index in [0.29, 0.717) is 22.9 Å². The first kappa shape index (κ1) is 21.1. The average Bonchev–Trinajstić information content (AvgIpc) is 3.24. The predicted molar refractivity (Wildman–Crippen MR) is 109 cm³/mol. The lowest BCUT2D eigenvalue weighted by atomic mass is 10.1. The van der Waals surface area contributed by atoms with Crippen LogP contribution < -0.4 is 10.1 Å². The van der Waals surface area contributed by atoms with Gasteiger partial charge in [-0.2, -0.15) is 0 Å². The predicted octanol–water partition coefficient (Wildman–Crippen LogP) is 3.93. The average molecular weight is 418 g/mol. The minimum absolute atomic E-state index is 0.132. The second kappa shape index (κ2) is 10.3. The standard InChI is InChI=1S/C22H24ClNO5/c1-15(17-4-2-5-18(23)12-17)24-21(25)14-29-22(26)16-7-9-19(10-8-16)28-13-20-6-3-11-27-20/h2,4-5,7-10,12,15,20H,3,6,11,13-14H2,1H3,(H,24,25)/t15-,20-/m0/s1. The van der Waals surface area contributed by atoms with Gasteiger partial charge < -0.3 is 19.5 Å². The number of ether oxygens (including phenoxy) is 3. The van der Waals surface area contributed by atoms with E-state index in [9.17, 15) is 9.59 Å². The van der Waals surface area contributed by atoms with Crippen molar-refractivity contribution in [3.05, 3.63) is 64.7 Å². The van der Waals surface area contributed by atoms with E-state index in [-0.39, 0.29) is 24.7 Å². The quantitative estimate of drug-likeness (QED) is 0.659. The molecule has 3 rings (SSSR count). The zero-order chi connectivity index (χ0) is 20.6. The summed E-state index contributed by atoms with van der Waals surface area (Å²) in [6.07, 6.45) is 2.19. The van der Waals surface area contributed by atoms with Crippen LogP contribution in [-0.2, 0) is 14.3 Å². The lowest BCUT2D eigenvalue weighted by Gasteiger charge is -2.15. The van der Waals surface area contributed by atoms with Crippen LogP contribution in [0.15, 0.2) is 48.5 Å². The molecular weight excluding hydrogens is 394 g/mol. The lowest BCUT2D eigenvalue weighted by molar-refractivity contribution is -0.124. The molecule has 0 aliphatic carbocycles. The highest BCUT2D eigenvalue weighted by molar-refractivity contribution is 6.30. The highest BCUT2D eigenvalue weighted by Crippen LogP contribution is 2.18. The molecule has 0 spiro atoms. The molecule has 0 saturated carbocycles. The molecule has 154 valence electrons. The van der Waals surface area contributed by atoms with Gasteiger partial charge in [-0.15, -0.1) is 0 Å². The van der Waals surface area contributed by atoms with Crippen LogP contribution in [0.25, 0.3) is 0 Å². The summed E-state index contributed by atoms with van der Waals surface area (Å²) in [5.41, 5.74) is 1.22. The highest BCUT2D eigenvalue weighted by atomic mass is 35.5. The molecule has 2 aromatic rings. The summed E-state index contributed by atoms with van der Waals surface area (Å²) in [5.74, 6) is -0.297. The van der Waals surface area contributed by atoms with Gasteiger partial charge in [0.25, 0.3) is 5.91 Å². The van der Waals surface area contributed by atoms with Crippen LogP contribution >= 0.6 is 11.6 Å². The van der Waals surface area contributed by atoms with Crippen LogP contribution in [0, 0.1) is 0 Å². The third kappa shape index (κ3) is 6.48. The van der Waals surface area contributed by atoms with Crippen molar-refractivity contribution in [2.75, 3.05) is 19.8 Å². The summed E-state index contributed by atoms with van der Waals surface area (Å²) in [5, 5.41) is 3.37. The van der Waals surface area contributed by atoms with Gasteiger partial charge in [-0.05, 0) is 61.7 Å². The Morgan fingerprint density at radius 2 is 2.03 bits per heavy atom. The van der Waals surface area contributed by atoms with Crippen molar-refractivity contribution in [1.29, 1.82) is 0 Å². The van der Waals surface area contributed by atoms with E-state index < -0.39 is 5.97 Å². The fourth-order valence-corrected chi connectivity index (χ4v) is 3.21. The third-order valence-corrected chi connectivity index (χ3v) is 4.85. The van der Waals surface area contributed by atoms with Crippen molar-refractivity contribution in [2.45, 2.75) is 31.9 Å². The number of rotatable bonds is 8. The number of esters is 1. The van der Waals surface area contributed by atoms with Crippen LogP contribution in [0.4, 0.5) is 0 Å². The van der Waals surface area contributed by atoms with Gasteiger partial charge in [0, 0.05) is 11.6 Å². The molecule has 1 aliphatic rings. The van der Waals surface area contributed by atoms with Gasteiger partial charge in [0.2, 0.25) is 0 Å². The molecule has 0 aromatic heterocycles. The molecule has 0 radical (unpaired) electrons. The molecule has 0 unspecified atom stereocenters. The molecule has 1 aliphatic heterocycles. The molecule has 2 aromatic carbocycles. The maximum Gasteiger partial charge on any atom is 0.338 e. The second-order valence-electron chi connectivity index (χ2n) is 6.89. The van der Waals surface area contributed by atoms with Gasteiger partial charge in [-0.1, -0.05) is 23.7 Å². The van der Waals surface area contributed by atoms with E-state index in [1.165, 1.54) is 0 Å². The Labute approximate surface area is 175 Å². The Kier molecular flexibility index (Phi) is 7.49. The van der Waals surface area contributed by atoms with Crippen LogP contribution in [0.5, 0.6) is 5.75 Å². The first-order valence-electron chi connectivity index (χ1n) is 9.57. The van der Waals surface area contributed by atoms with Crippen LogP contribution in [0.2, 0.25) is 5.02 Å². The van der Waals surface area contributed by atoms with Crippen LogP contribution in [0.3, 0.4) is 0 Å². The summed E-state index contributed by atoms with van der Waals surface area (Å²) < 4.78 is 16.3. The summed E-state index contributed by atoms with van der Waals surface area (Å²) in [7, 11) is 0. The van der Waals surface area contributed by atoms with Gasteiger partial charge in [-0.25, -0.2) is 4.79 Å². The molecule has 6 nitrogen and oxygen atoms in total. The minimum Gasteiger partial charge on any atom is -0.491 e. The Morgan fingerprint density at radius 1 is 1.24 bits per heavy atom. The van der Waals surface area contributed by atoms with Crippen LogP contribution in [-0.4, -0.2) is 37.8 Å². The topological polar surface area (TPSA) is 73.9 Å². The summed E-state index contributed by atoms with van der Waals surface area (Å²) >= 11 is 5.96. The number of amides is 1. The number of hydrogen-bond acceptors (Lipinski definition) is 5. The van der Waals surface area contributed by atoms with Crippen LogP contribution in [0.1, 0.15) is 41.7 Å². The third-order valence-electron chi connectivity index (χ3n) is 4.61. The van der Waals surface area contributed by atoms with Crippen molar-refractivity contribution in [1.82, 2.24) is 5.32 Å². The number of hydrogen-bond donors (Lipinski definition) is 1. The first-order valence-corrected chi connectivity index (χ1v) is 9.95. The van der Waals surface area contributed by atoms with Crippen molar-refractivity contribution in [3.8, 4) is 5.75 Å². The fourth-order valence-electron chi connectivity index (χ4n) is 3.01. The molecule has 1 N–H and O–H groups in total. The number of benzene rings is 2. The number of carbonyl (C=O) groups excluding carboxylic acids is 2. The van der Waals surface area contributed by atoms with Crippen molar-refractivity contribution in [2.24, 2.45) is 0 Å². The summed E-state index contributed by atoms with van der Waals surface area (Å²) in [6, 6.07) is 13.6. The maximum atomic E-state index is 12.1. The van der Waals surface area contributed by atoms with Crippen molar-refractivity contribution >= 4 is 23.5 Å². The van der Waals surface area contributed by atoms with E-state index >= 15 is 0 Å². The largest absolute Gasteiger partial charge is 0.491 e. The van der Waals surface area contributed by atoms with E-state index in [1.807, 2.05) is 19.1 Å². The Morgan fingerprint density at radius 3 is 2.72 bits per heavy atom. The Bertz CT molecular complexity index is 833. The zero-order valence-electron chi connectivity index (χ0n) is 16.2. The molecule has 1 saturated heterocycles. The van der Waals surface area contributed by atoms with Gasteiger partial charge in [0.05, 0.1) is 17.7 Å². The molecule has 29 heavy (non-hydrogen) atoms. The smallest absolute Gasteiger partial charge is 0.338 e. The number of nitrogens with one attached hydrogen (secondary N) is 1. The SMILES string of the molecule is C[C@H](NC(=O)COC(=O)c1ccc(OC[C@@H]2CCCO2)cc1)c1cccc(Cl)c1. The minimum atomic E-state index is -0.568. The van der Waals surface area contributed by atoms with Crippen molar-refractivity contribution in [3.63, 3.8) is 0 Å². The Balaban J connectivity index is 1.42. The molecule has 0 bridgehead atoms. The lowest BCUT2D eigenvalue weighted by Crippen LogP contribution is -2.31. The fraction of sp³-hybridized carbons (Fsp3) is 0.364.